The summed E-state index contributed by atoms with van der Waals surface area (Å²) in [4.78, 5) is 0.158. The van der Waals surface area contributed by atoms with Gasteiger partial charge in [-0.25, -0.2) is 8.42 Å². The molecule has 0 amide bonds. The molecule has 0 spiro atoms. The summed E-state index contributed by atoms with van der Waals surface area (Å²) in [5, 5.41) is 8.38. The van der Waals surface area contributed by atoms with Crippen LogP contribution in [0.25, 0.3) is 10.8 Å². The second kappa shape index (κ2) is 4.69. The monoisotopic (exact) mass is 307 g/mol. The van der Waals surface area contributed by atoms with E-state index < -0.39 is 10.0 Å². The highest BCUT2D eigenvalue weighted by Crippen LogP contribution is 2.26. The highest BCUT2D eigenvalue weighted by atomic mass is 32.2. The number of hydrogen-bond donors (Lipinski definition) is 2. The van der Waals surface area contributed by atoms with Crippen molar-refractivity contribution in [2.24, 2.45) is 0 Å². The molecule has 9 heteroatoms. The van der Waals surface area contributed by atoms with E-state index in [1.165, 1.54) is 6.07 Å². The van der Waals surface area contributed by atoms with Crippen molar-refractivity contribution in [1.29, 1.82) is 0 Å². The van der Waals surface area contributed by atoms with Crippen molar-refractivity contribution in [3.63, 3.8) is 0 Å². The molecule has 3 rings (SSSR count). The van der Waals surface area contributed by atoms with Crippen LogP contribution in [-0.2, 0) is 10.0 Å². The molecule has 0 atom stereocenters. The molecule has 20 heavy (non-hydrogen) atoms. The van der Waals surface area contributed by atoms with Gasteiger partial charge in [0.25, 0.3) is 10.0 Å². The van der Waals surface area contributed by atoms with Crippen LogP contribution in [0.15, 0.2) is 41.3 Å². The first-order valence-corrected chi connectivity index (χ1v) is 7.78. The van der Waals surface area contributed by atoms with Gasteiger partial charge < -0.3 is 5.73 Å². The van der Waals surface area contributed by atoms with Crippen LogP contribution in [0, 0.1) is 0 Å². The smallest absolute Gasteiger partial charge is 0.264 e. The maximum atomic E-state index is 12.4. The van der Waals surface area contributed by atoms with Gasteiger partial charge in [-0.05, 0) is 28.8 Å². The van der Waals surface area contributed by atoms with E-state index >= 15 is 0 Å². The highest BCUT2D eigenvalue weighted by Gasteiger charge is 2.19. The Labute approximate surface area is 118 Å². The lowest BCUT2D eigenvalue weighted by molar-refractivity contribution is 0.602. The molecule has 0 unspecified atom stereocenters. The zero-order valence-electron chi connectivity index (χ0n) is 10.0. The molecule has 0 saturated carbocycles. The van der Waals surface area contributed by atoms with E-state index in [-0.39, 0.29) is 10.0 Å². The predicted molar refractivity (Wildman–Crippen MR) is 76.9 cm³/mol. The number of rotatable bonds is 3. The lowest BCUT2D eigenvalue weighted by Gasteiger charge is -2.08. The summed E-state index contributed by atoms with van der Waals surface area (Å²) in [5.41, 5.74) is 6.28. The standard InChI is InChI=1S/C11H9N5O2S2/c12-8-4-5-9-7(6-8)2-1-3-10(9)20(17,18)14-11-13-15-16-19-11/h1-6H,12H2,(H,13,14,16). The van der Waals surface area contributed by atoms with Crippen LogP contribution >= 0.6 is 11.5 Å². The zero-order valence-corrected chi connectivity index (χ0v) is 11.6. The van der Waals surface area contributed by atoms with Crippen LogP contribution < -0.4 is 10.5 Å². The van der Waals surface area contributed by atoms with Crippen molar-refractivity contribution in [2.45, 2.75) is 4.90 Å². The third-order valence-corrected chi connectivity index (χ3v) is 4.71. The minimum Gasteiger partial charge on any atom is -0.399 e. The lowest BCUT2D eigenvalue weighted by Crippen LogP contribution is -2.13. The number of nitrogens with one attached hydrogen (secondary N) is 1. The van der Waals surface area contributed by atoms with E-state index in [0.717, 1.165) is 16.9 Å². The number of nitrogen functional groups attached to an aromatic ring is 1. The summed E-state index contributed by atoms with van der Waals surface area (Å²) in [5.74, 6) is 0. The Hall–Kier alpha value is -2.26. The highest BCUT2D eigenvalue weighted by molar-refractivity contribution is 7.93. The van der Waals surface area contributed by atoms with Crippen LogP contribution in [0.2, 0.25) is 0 Å². The Morgan fingerprint density at radius 2 is 2.05 bits per heavy atom. The van der Waals surface area contributed by atoms with E-state index in [1.807, 2.05) is 0 Å². The summed E-state index contributed by atoms with van der Waals surface area (Å²) >= 11 is 0.870. The van der Waals surface area contributed by atoms with Crippen molar-refractivity contribution in [3.05, 3.63) is 36.4 Å². The molecule has 0 bridgehead atoms. The second-order valence-corrected chi connectivity index (χ2v) is 6.39. The van der Waals surface area contributed by atoms with Crippen LogP contribution in [0.3, 0.4) is 0 Å². The number of aromatic nitrogens is 3. The molecule has 0 saturated heterocycles. The quantitative estimate of drug-likeness (QED) is 0.709. The molecule has 1 heterocycles. The third-order valence-electron chi connectivity index (χ3n) is 2.68. The van der Waals surface area contributed by atoms with Gasteiger partial charge in [-0.3, -0.25) is 4.72 Å². The number of anilines is 2. The van der Waals surface area contributed by atoms with Gasteiger partial charge in [0.2, 0.25) is 5.13 Å². The first-order chi connectivity index (χ1) is 9.56. The number of fused-ring (bicyclic) bond motifs is 1. The second-order valence-electron chi connectivity index (χ2n) is 4.01. The van der Waals surface area contributed by atoms with Gasteiger partial charge in [-0.2, -0.15) is 0 Å². The first-order valence-electron chi connectivity index (χ1n) is 5.52. The zero-order chi connectivity index (χ0) is 14.2. The van der Waals surface area contributed by atoms with Crippen LogP contribution in [0.4, 0.5) is 10.8 Å². The first kappa shape index (κ1) is 12.8. The predicted octanol–water partition coefficient (Wildman–Crippen LogP) is 1.47. The van der Waals surface area contributed by atoms with E-state index in [2.05, 4.69) is 19.5 Å². The topological polar surface area (TPSA) is 111 Å². The van der Waals surface area contributed by atoms with E-state index in [1.54, 1.807) is 30.3 Å². The molecule has 0 aliphatic rings. The Bertz CT molecular complexity index is 862. The average molecular weight is 307 g/mol. The fourth-order valence-corrected chi connectivity index (χ4v) is 3.67. The minimum atomic E-state index is -3.75. The molecule has 7 nitrogen and oxygen atoms in total. The van der Waals surface area contributed by atoms with Crippen molar-refractivity contribution in [2.75, 3.05) is 10.5 Å². The Kier molecular flexibility index (Phi) is 2.99. The summed E-state index contributed by atoms with van der Waals surface area (Å²) < 4.78 is 30.6. The van der Waals surface area contributed by atoms with Crippen molar-refractivity contribution in [1.82, 2.24) is 14.8 Å². The number of sulfonamides is 1. The van der Waals surface area contributed by atoms with E-state index in [4.69, 9.17) is 5.73 Å². The van der Waals surface area contributed by atoms with E-state index in [0.29, 0.717) is 11.1 Å². The fraction of sp³-hybridized carbons (Fsp3) is 0. The fourth-order valence-electron chi connectivity index (χ4n) is 1.85. The molecule has 3 N–H and O–H groups in total. The van der Waals surface area contributed by atoms with E-state index in [9.17, 15) is 8.42 Å². The largest absolute Gasteiger partial charge is 0.399 e. The maximum Gasteiger partial charge on any atom is 0.264 e. The van der Waals surface area contributed by atoms with Crippen molar-refractivity contribution in [3.8, 4) is 0 Å². The number of benzene rings is 2. The molecule has 0 fully saturated rings. The molecule has 2 aromatic carbocycles. The number of nitrogens with zero attached hydrogens (tertiary/aromatic N) is 3. The summed E-state index contributed by atoms with van der Waals surface area (Å²) in [7, 11) is -3.75. The minimum absolute atomic E-state index is 0.123. The molecule has 0 aliphatic heterocycles. The van der Waals surface area contributed by atoms with Crippen LogP contribution in [0.1, 0.15) is 0 Å². The normalized spacial score (nSPS) is 11.6. The lowest BCUT2D eigenvalue weighted by atomic mass is 10.1. The summed E-state index contributed by atoms with van der Waals surface area (Å²) in [6, 6.07) is 10.0. The summed E-state index contributed by atoms with van der Waals surface area (Å²) in [6.07, 6.45) is 0. The number of nitrogens with two attached hydrogens (primary N) is 1. The third kappa shape index (κ3) is 2.28. The molecular weight excluding hydrogens is 298 g/mol. The van der Waals surface area contributed by atoms with Crippen LogP contribution in [0.5, 0.6) is 0 Å². The Morgan fingerprint density at radius 1 is 1.20 bits per heavy atom. The molecular formula is C11H9N5O2S2. The van der Waals surface area contributed by atoms with Gasteiger partial charge in [0.05, 0.1) is 4.90 Å². The van der Waals surface area contributed by atoms with Gasteiger partial charge in [0, 0.05) is 22.6 Å². The SMILES string of the molecule is Nc1ccc2c(S(=O)(=O)Nc3nnns3)cccc2c1. The van der Waals surface area contributed by atoms with Gasteiger partial charge in [-0.15, -0.1) is 0 Å². The molecule has 0 aliphatic carbocycles. The number of hydrogen-bond acceptors (Lipinski definition) is 7. The van der Waals surface area contributed by atoms with Crippen molar-refractivity contribution >= 4 is 43.1 Å². The van der Waals surface area contributed by atoms with Gasteiger partial charge in [0.15, 0.2) is 0 Å². The summed E-state index contributed by atoms with van der Waals surface area (Å²) in [6.45, 7) is 0. The Morgan fingerprint density at radius 3 is 2.80 bits per heavy atom. The van der Waals surface area contributed by atoms with Gasteiger partial charge in [0.1, 0.15) is 0 Å². The van der Waals surface area contributed by atoms with Gasteiger partial charge >= 0.3 is 0 Å². The Balaban J connectivity index is 2.14. The molecule has 3 aromatic rings. The molecule has 102 valence electrons. The average Bonchev–Trinajstić information content (AvgIpc) is 2.89. The van der Waals surface area contributed by atoms with Crippen molar-refractivity contribution < 1.29 is 8.42 Å². The molecule has 0 radical (unpaired) electrons. The van der Waals surface area contributed by atoms with Gasteiger partial charge in [-0.1, -0.05) is 27.8 Å². The molecule has 1 aromatic heterocycles. The van der Waals surface area contributed by atoms with Crippen LogP contribution in [-0.4, -0.2) is 23.2 Å². The maximum absolute atomic E-state index is 12.4.